The van der Waals surface area contributed by atoms with Crippen molar-refractivity contribution in [2.45, 2.75) is 5.75 Å². The molecule has 1 rings (SSSR count). The second-order valence-corrected chi connectivity index (χ2v) is 5.28. The number of rotatable bonds is 4. The summed E-state index contributed by atoms with van der Waals surface area (Å²) in [4.78, 5) is 10.1. The lowest BCUT2D eigenvalue weighted by Crippen LogP contribution is -2.08. The summed E-state index contributed by atoms with van der Waals surface area (Å²) in [5, 5.41) is 9.45. The molecule has 0 atom stereocenters. The second kappa shape index (κ2) is 4.26. The largest absolute Gasteiger partial charge is 0.235 e. The van der Waals surface area contributed by atoms with Gasteiger partial charge in [0.05, 0.1) is 5.75 Å². The molecule has 0 bridgehead atoms. The van der Waals surface area contributed by atoms with E-state index in [0.29, 0.717) is 5.56 Å². The van der Waals surface area contributed by atoms with Crippen molar-refractivity contribution in [3.05, 3.63) is 39.9 Å². The standard InChI is InChI=1S/C8H10N2O4S/c1-15(13,14)6-7-3-2-4-8(5-7)9-10(11)12/h2-5,9H,6H2,1H3. The Morgan fingerprint density at radius 2 is 2.13 bits per heavy atom. The van der Waals surface area contributed by atoms with Crippen LogP contribution in [0.15, 0.2) is 24.3 Å². The summed E-state index contributed by atoms with van der Waals surface area (Å²) in [6, 6.07) is 6.09. The molecule has 0 heterocycles. The van der Waals surface area contributed by atoms with Crippen molar-refractivity contribution in [2.75, 3.05) is 11.7 Å². The van der Waals surface area contributed by atoms with Crippen LogP contribution in [-0.2, 0) is 15.6 Å². The zero-order valence-electron chi connectivity index (χ0n) is 8.00. The van der Waals surface area contributed by atoms with E-state index in [1.54, 1.807) is 12.1 Å². The number of nitrogens with one attached hydrogen (secondary N) is 1. The van der Waals surface area contributed by atoms with Crippen molar-refractivity contribution < 1.29 is 13.5 Å². The van der Waals surface area contributed by atoms with Crippen LogP contribution in [0.1, 0.15) is 5.56 Å². The van der Waals surface area contributed by atoms with E-state index in [9.17, 15) is 18.5 Å². The number of hydrogen-bond donors (Lipinski definition) is 1. The van der Waals surface area contributed by atoms with E-state index in [2.05, 4.69) is 0 Å². The smallest absolute Gasteiger partial charge is 0.162 e. The number of hydrazine groups is 1. The Morgan fingerprint density at radius 3 is 2.67 bits per heavy atom. The molecule has 0 amide bonds. The van der Waals surface area contributed by atoms with Gasteiger partial charge in [-0.25, -0.2) is 18.5 Å². The van der Waals surface area contributed by atoms with Gasteiger partial charge in [0, 0.05) is 6.26 Å². The molecule has 0 unspecified atom stereocenters. The highest BCUT2D eigenvalue weighted by atomic mass is 32.2. The minimum absolute atomic E-state index is 0.125. The van der Waals surface area contributed by atoms with Crippen LogP contribution in [0.25, 0.3) is 0 Å². The summed E-state index contributed by atoms with van der Waals surface area (Å²) in [6.07, 6.45) is 1.11. The molecule has 82 valence electrons. The van der Waals surface area contributed by atoms with Gasteiger partial charge < -0.3 is 0 Å². The molecule has 6 nitrogen and oxygen atoms in total. The Hall–Kier alpha value is -1.63. The Balaban J connectivity index is 2.88. The number of nitrogens with zero attached hydrogens (tertiary/aromatic N) is 1. The van der Waals surface area contributed by atoms with Crippen LogP contribution in [0.5, 0.6) is 0 Å². The van der Waals surface area contributed by atoms with Gasteiger partial charge >= 0.3 is 0 Å². The molecule has 0 aliphatic carbocycles. The normalized spacial score (nSPS) is 11.0. The minimum Gasteiger partial charge on any atom is -0.235 e. The van der Waals surface area contributed by atoms with Gasteiger partial charge in [-0.05, 0) is 17.7 Å². The Bertz CT molecular complexity index is 469. The first-order valence-corrected chi connectivity index (χ1v) is 6.10. The summed E-state index contributed by atoms with van der Waals surface area (Å²) in [7, 11) is -3.12. The van der Waals surface area contributed by atoms with Crippen LogP contribution >= 0.6 is 0 Å². The number of sulfone groups is 1. The van der Waals surface area contributed by atoms with E-state index in [1.165, 1.54) is 12.1 Å². The number of benzene rings is 1. The topological polar surface area (TPSA) is 89.3 Å². The fraction of sp³-hybridized carbons (Fsp3) is 0.250. The van der Waals surface area contributed by atoms with Crippen LogP contribution in [0, 0.1) is 10.1 Å². The maximum absolute atomic E-state index is 11.0. The molecule has 0 saturated carbocycles. The van der Waals surface area contributed by atoms with Crippen molar-refractivity contribution in [3.63, 3.8) is 0 Å². The predicted octanol–water partition coefficient (Wildman–Crippen LogP) is 0.835. The summed E-state index contributed by atoms with van der Waals surface area (Å²) in [5.74, 6) is -0.125. The first kappa shape index (κ1) is 11.4. The van der Waals surface area contributed by atoms with E-state index in [1.807, 2.05) is 5.43 Å². The van der Waals surface area contributed by atoms with Gasteiger partial charge in [0.15, 0.2) is 14.9 Å². The molecule has 0 aromatic heterocycles. The molecule has 1 N–H and O–H groups in total. The zero-order valence-corrected chi connectivity index (χ0v) is 8.82. The van der Waals surface area contributed by atoms with Gasteiger partial charge in [-0.15, -0.1) is 5.43 Å². The third kappa shape index (κ3) is 4.41. The van der Waals surface area contributed by atoms with E-state index in [-0.39, 0.29) is 11.4 Å². The van der Waals surface area contributed by atoms with Crippen molar-refractivity contribution in [3.8, 4) is 0 Å². The SMILES string of the molecule is CS(=O)(=O)Cc1cccc(N[N+](=O)[O-])c1. The fourth-order valence-corrected chi connectivity index (χ4v) is 1.92. The first-order chi connectivity index (χ1) is 6.87. The second-order valence-electron chi connectivity index (χ2n) is 3.14. The number of hydrogen-bond acceptors (Lipinski definition) is 4. The summed E-state index contributed by atoms with van der Waals surface area (Å²) in [6.45, 7) is 0. The summed E-state index contributed by atoms with van der Waals surface area (Å²) in [5.41, 5.74) is 2.74. The van der Waals surface area contributed by atoms with Crippen LogP contribution in [-0.4, -0.2) is 19.7 Å². The highest BCUT2D eigenvalue weighted by Gasteiger charge is 2.06. The van der Waals surface area contributed by atoms with E-state index < -0.39 is 14.9 Å². The quantitative estimate of drug-likeness (QED) is 0.611. The molecular weight excluding hydrogens is 220 g/mol. The highest BCUT2D eigenvalue weighted by Crippen LogP contribution is 2.12. The van der Waals surface area contributed by atoms with Crippen molar-refractivity contribution >= 4 is 15.5 Å². The highest BCUT2D eigenvalue weighted by molar-refractivity contribution is 7.89. The molecule has 1 aromatic carbocycles. The van der Waals surface area contributed by atoms with E-state index >= 15 is 0 Å². The van der Waals surface area contributed by atoms with Crippen LogP contribution in [0.3, 0.4) is 0 Å². The van der Waals surface area contributed by atoms with Crippen LogP contribution < -0.4 is 5.43 Å². The molecule has 0 saturated heterocycles. The molecule has 15 heavy (non-hydrogen) atoms. The average Bonchev–Trinajstić information content (AvgIpc) is 1.99. The lowest BCUT2D eigenvalue weighted by Gasteiger charge is -2.01. The Morgan fingerprint density at radius 1 is 1.47 bits per heavy atom. The molecule has 0 aliphatic heterocycles. The molecule has 0 radical (unpaired) electrons. The molecule has 1 aromatic rings. The molecule has 0 spiro atoms. The maximum Gasteiger partial charge on any atom is 0.162 e. The predicted molar refractivity (Wildman–Crippen MR) is 55.6 cm³/mol. The number of anilines is 1. The van der Waals surface area contributed by atoms with Gasteiger partial charge in [0.2, 0.25) is 0 Å². The van der Waals surface area contributed by atoms with Crippen molar-refractivity contribution in [2.24, 2.45) is 0 Å². The molecular formula is C8H10N2O4S. The van der Waals surface area contributed by atoms with Gasteiger partial charge in [0.25, 0.3) is 0 Å². The molecule has 0 aliphatic rings. The first-order valence-electron chi connectivity index (χ1n) is 4.04. The Kier molecular flexibility index (Phi) is 3.25. The lowest BCUT2D eigenvalue weighted by molar-refractivity contribution is -0.445. The maximum atomic E-state index is 11.0. The van der Waals surface area contributed by atoms with E-state index in [4.69, 9.17) is 0 Å². The third-order valence-corrected chi connectivity index (χ3v) is 2.43. The zero-order chi connectivity index (χ0) is 11.5. The number of nitro groups is 1. The van der Waals surface area contributed by atoms with Gasteiger partial charge in [-0.2, -0.15) is 0 Å². The van der Waals surface area contributed by atoms with Gasteiger partial charge in [0.1, 0.15) is 5.69 Å². The third-order valence-electron chi connectivity index (χ3n) is 1.58. The van der Waals surface area contributed by atoms with Gasteiger partial charge in [-0.3, -0.25) is 0 Å². The fourth-order valence-electron chi connectivity index (χ4n) is 1.14. The molecule has 7 heteroatoms. The average molecular weight is 230 g/mol. The van der Waals surface area contributed by atoms with Crippen LogP contribution in [0.2, 0.25) is 0 Å². The minimum atomic E-state index is -3.12. The van der Waals surface area contributed by atoms with Crippen molar-refractivity contribution in [1.29, 1.82) is 0 Å². The molecule has 0 fully saturated rings. The van der Waals surface area contributed by atoms with Gasteiger partial charge in [-0.1, -0.05) is 12.1 Å². The van der Waals surface area contributed by atoms with Crippen molar-refractivity contribution in [1.82, 2.24) is 0 Å². The summed E-state index contributed by atoms with van der Waals surface area (Å²) < 4.78 is 22.0. The van der Waals surface area contributed by atoms with E-state index in [0.717, 1.165) is 6.26 Å². The Labute approximate surface area is 87.0 Å². The lowest BCUT2D eigenvalue weighted by atomic mass is 10.2. The monoisotopic (exact) mass is 230 g/mol. The van der Waals surface area contributed by atoms with Crippen LogP contribution in [0.4, 0.5) is 5.69 Å². The summed E-state index contributed by atoms with van der Waals surface area (Å²) >= 11 is 0.